The molecule has 604 valence electrons. The number of aliphatic hydroxyl groups is 1. The second-order valence-corrected chi connectivity index (χ2v) is 36.3. The van der Waals surface area contributed by atoms with Gasteiger partial charge in [-0.25, -0.2) is 24.9 Å². The Morgan fingerprint density at radius 3 is 1.33 bits per heavy atom. The van der Waals surface area contributed by atoms with E-state index in [1.54, 1.807) is 22.9 Å². The first-order chi connectivity index (χ1) is 52.5. The summed E-state index contributed by atoms with van der Waals surface area (Å²) in [6.45, 7) is 23.6. The van der Waals surface area contributed by atoms with Crippen LogP contribution in [0.25, 0.3) is 22.5 Å². The van der Waals surface area contributed by atoms with Gasteiger partial charge in [0.05, 0.1) is 57.5 Å². The molecule has 109 heavy (non-hydrogen) atoms. The number of ether oxygens (including phenoxy) is 7. The van der Waals surface area contributed by atoms with Gasteiger partial charge in [0.25, 0.3) is 15.6 Å². The van der Waals surface area contributed by atoms with Crippen molar-refractivity contribution >= 4 is 141 Å². The zero-order valence-corrected chi connectivity index (χ0v) is 73.6. The number of hydrogen-bond acceptors (Lipinski definition) is 24. The molecule has 0 atom stereocenters. The molecule has 5 saturated heterocycles. The highest BCUT2D eigenvalue weighted by molar-refractivity contribution is 9.11. The molecule has 0 bridgehead atoms. The van der Waals surface area contributed by atoms with Gasteiger partial charge in [-0.15, -0.1) is 11.3 Å². The topological polar surface area (TPSA) is 244 Å². The number of pyridine rings is 3. The highest BCUT2D eigenvalue weighted by Gasteiger charge is 2.52. The summed E-state index contributed by atoms with van der Waals surface area (Å²) in [5.41, 5.74) is 9.41. The summed E-state index contributed by atoms with van der Waals surface area (Å²) in [5.74, 6) is 1.74. The number of halogens is 8. The molecule has 0 unspecified atom stereocenters. The first-order valence-electron chi connectivity index (χ1n) is 38.0. The first kappa shape index (κ1) is 91.7. The highest BCUT2D eigenvalue weighted by Crippen LogP contribution is 2.39. The van der Waals surface area contributed by atoms with E-state index in [0.717, 1.165) is 165 Å². The fourth-order valence-electron chi connectivity index (χ4n) is 12.5. The van der Waals surface area contributed by atoms with E-state index in [-0.39, 0.29) is 0 Å². The van der Waals surface area contributed by atoms with Crippen LogP contribution in [0.2, 0.25) is 15.1 Å². The molecule has 0 aromatic carbocycles. The van der Waals surface area contributed by atoms with Gasteiger partial charge >= 0.3 is 7.12 Å². The van der Waals surface area contributed by atoms with Crippen LogP contribution in [-0.4, -0.2) is 169 Å². The Morgan fingerprint density at radius 1 is 0.514 bits per heavy atom. The fraction of sp³-hybridized carbons (Fsp3) is 0.645. The number of thiazole rings is 4. The molecule has 0 radical (unpaired) electrons. The van der Waals surface area contributed by atoms with E-state index in [0.29, 0.717) is 104 Å². The van der Waals surface area contributed by atoms with Gasteiger partial charge in [-0.3, -0.25) is 4.98 Å². The SMILES string of the molecule is Brc1csc(Br)n1.Brc1csc(OCC2CCOCC2)n1.CC1(C)OB(c2cc(F)ncc2Cl)OC1(C)C.CCCNC1CCC(Cc2cc(-c3csc(OCC4CCOCC4)n3)c(Cl)cn2)CC1.CCCNC1CCC(N)CC1.Fc1cc(-c2csc(OCC3CCOCC3)n2)c(Cl)cn1.OCC1CCOCC1. The van der Waals surface area contributed by atoms with Crippen LogP contribution < -0.4 is 36.0 Å². The lowest BCUT2D eigenvalue weighted by Crippen LogP contribution is -2.41. The smallest absolute Gasteiger partial charge is 0.470 e. The molecule has 33 heteroatoms. The molecule has 7 fully saturated rings. The van der Waals surface area contributed by atoms with Crippen molar-refractivity contribution in [3.05, 3.63) is 104 Å². The highest BCUT2D eigenvalue weighted by atomic mass is 79.9. The minimum absolute atomic E-state index is 0.337. The standard InChI is InChI=1S/C24H34ClN3O2S.C14H14ClFN2O2S.C11H14BClFNO2.C9H12BrNO2S.C9H20N2.C6H12O2.C3HBr2NS/c1-2-9-26-19-5-3-17(4-6-19)12-20-13-21(22(25)14-27-20)23-16-31-24(28-23)30-15-18-7-10-29-11-8-18;15-11-6-17-13(16)5-10(11)12-8-21-14(18-12)20-7-9-1-3-19-4-2-9;1-10(2)11(3,4)17-12(16-10)7-5-9(14)15-6-8(7)13;10-8-6-14-9(11-8)13-5-7-1-3-12-4-2-7;1-2-7-11-9-5-3-8(10)4-6-9;7-5-6-1-3-8-4-2-6;4-2-1-7-3(5)6-2/h13-14,16-19,26H,2-12,15H2,1H3;5-6,8-9H,1-4,7H2;5-6H,1-4H3;6-7H,1-5H2;8-9,11H,2-7,10H2,1H3;6-7H,1-5H2;1H. The summed E-state index contributed by atoms with van der Waals surface area (Å²) >= 11 is 34.2. The molecule has 7 aromatic rings. The van der Waals surface area contributed by atoms with Gasteiger partial charge in [-0.05, 0) is 252 Å². The van der Waals surface area contributed by atoms with Gasteiger partial charge in [0.15, 0.2) is 3.92 Å². The van der Waals surface area contributed by atoms with E-state index in [4.69, 9.17) is 93.1 Å². The van der Waals surface area contributed by atoms with E-state index >= 15 is 0 Å². The number of nitrogens with two attached hydrogens (primary N) is 1. The summed E-state index contributed by atoms with van der Waals surface area (Å²) in [7, 11) is -0.662. The summed E-state index contributed by atoms with van der Waals surface area (Å²) < 4.78 is 78.9. The van der Waals surface area contributed by atoms with Crippen molar-refractivity contribution in [3.8, 4) is 38.1 Å². The van der Waals surface area contributed by atoms with Crippen LogP contribution in [0.15, 0.2) is 71.4 Å². The van der Waals surface area contributed by atoms with E-state index in [2.05, 4.69) is 108 Å². The second-order valence-electron chi connectivity index (χ2n) is 28.9. The Hall–Kier alpha value is -2.80. The third kappa shape index (κ3) is 33.0. The van der Waals surface area contributed by atoms with Gasteiger partial charge in [-0.1, -0.05) is 82.7 Å². The first-order valence-corrected chi connectivity index (χ1v) is 45.0. The molecule has 14 rings (SSSR count). The Morgan fingerprint density at radius 2 is 0.917 bits per heavy atom. The van der Waals surface area contributed by atoms with Gasteiger partial charge in [0.1, 0.15) is 9.21 Å². The molecule has 20 nitrogen and oxygen atoms in total. The maximum absolute atomic E-state index is 13.2. The van der Waals surface area contributed by atoms with Crippen molar-refractivity contribution < 1.29 is 56.4 Å². The molecule has 2 saturated carbocycles. The third-order valence-electron chi connectivity index (χ3n) is 19.9. The number of nitrogens with one attached hydrogen (secondary N) is 2. The minimum Gasteiger partial charge on any atom is -0.470 e. The molecule has 7 aromatic heterocycles. The van der Waals surface area contributed by atoms with Crippen LogP contribution in [0.3, 0.4) is 0 Å². The van der Waals surface area contributed by atoms with Crippen LogP contribution in [0.1, 0.15) is 163 Å². The van der Waals surface area contributed by atoms with Crippen LogP contribution in [-0.2, 0) is 34.7 Å². The summed E-state index contributed by atoms with van der Waals surface area (Å²) in [6, 6.07) is 6.58. The van der Waals surface area contributed by atoms with Gasteiger partial charge < -0.3 is 63.9 Å². The lowest BCUT2D eigenvalue weighted by Gasteiger charge is -2.32. The molecule has 12 heterocycles. The van der Waals surface area contributed by atoms with Crippen LogP contribution in [0.5, 0.6) is 15.6 Å². The van der Waals surface area contributed by atoms with Crippen molar-refractivity contribution in [1.29, 1.82) is 0 Å². The lowest BCUT2D eigenvalue weighted by atomic mass is 9.80. The number of hydrogen-bond donors (Lipinski definition) is 4. The van der Waals surface area contributed by atoms with Crippen molar-refractivity contribution in [1.82, 2.24) is 45.5 Å². The number of rotatable bonds is 21. The Labute approximate surface area is 699 Å². The van der Waals surface area contributed by atoms with Crippen LogP contribution in [0, 0.1) is 41.5 Å². The van der Waals surface area contributed by atoms with Gasteiger partial charge in [-0.2, -0.15) is 13.8 Å². The predicted octanol–water partition coefficient (Wildman–Crippen LogP) is 18.8. The van der Waals surface area contributed by atoms with Crippen molar-refractivity contribution in [2.24, 2.45) is 35.3 Å². The van der Waals surface area contributed by atoms with Gasteiger partial charge in [0, 0.05) is 146 Å². The maximum atomic E-state index is 13.2. The molecular formula is C76H107BBr3Cl3F2N10O10S4. The summed E-state index contributed by atoms with van der Waals surface area (Å²) in [5, 5.41) is 26.9. The number of aromatic nitrogens is 7. The molecule has 2 aliphatic carbocycles. The Kier molecular flexibility index (Phi) is 41.5. The fourth-order valence-corrected chi connectivity index (χ4v) is 17.3. The van der Waals surface area contributed by atoms with Crippen molar-refractivity contribution in [3.63, 3.8) is 0 Å². The molecule has 7 aliphatic rings. The van der Waals surface area contributed by atoms with Crippen LogP contribution in [0.4, 0.5) is 8.78 Å². The zero-order chi connectivity index (χ0) is 78.0. The van der Waals surface area contributed by atoms with Crippen molar-refractivity contribution in [2.45, 2.75) is 193 Å². The molecule has 0 spiro atoms. The van der Waals surface area contributed by atoms with E-state index in [9.17, 15) is 8.78 Å². The molecule has 5 N–H and O–H groups in total. The lowest BCUT2D eigenvalue weighted by molar-refractivity contribution is 0.00578. The molecule has 0 amide bonds. The van der Waals surface area contributed by atoms with E-state index < -0.39 is 30.2 Å². The number of nitrogens with zero attached hydrogens (tertiary/aromatic N) is 7. The van der Waals surface area contributed by atoms with Crippen molar-refractivity contribution in [2.75, 3.05) is 92.4 Å². The average molecular weight is 1840 g/mol. The number of aliphatic hydroxyl groups excluding tert-OH is 1. The average Bonchev–Trinajstić information content (AvgIpc) is 1.62. The van der Waals surface area contributed by atoms with Crippen LogP contribution >= 0.6 is 128 Å². The zero-order valence-electron chi connectivity index (χ0n) is 63.3. The normalized spacial score (nSPS) is 20.9. The quantitative estimate of drug-likeness (QED) is 0.0386. The summed E-state index contributed by atoms with van der Waals surface area (Å²) in [4.78, 5) is 28.8. The minimum atomic E-state index is -0.662. The Balaban J connectivity index is 0.000000169. The largest absolute Gasteiger partial charge is 0.496 e. The van der Waals surface area contributed by atoms with Gasteiger partial charge in [0.2, 0.25) is 11.9 Å². The molecular weight excluding hydrogens is 1740 g/mol. The maximum Gasteiger partial charge on any atom is 0.496 e. The predicted molar refractivity (Wildman–Crippen MR) is 447 cm³/mol. The van der Waals surface area contributed by atoms with E-state index in [1.807, 2.05) is 43.8 Å². The monoisotopic (exact) mass is 1840 g/mol. The molecule has 5 aliphatic heterocycles. The Bertz CT molecular complexity index is 3660. The summed E-state index contributed by atoms with van der Waals surface area (Å²) in [6.07, 6.45) is 26.3. The second kappa shape index (κ2) is 49.3. The van der Waals surface area contributed by atoms with E-state index in [1.165, 1.54) is 129 Å². The third-order valence-corrected chi connectivity index (χ3v) is 25.9.